The molecular weight excluding hydrogens is 837 g/mol. The Hall–Kier alpha value is -5.71. The van der Waals surface area contributed by atoms with E-state index < -0.39 is 0 Å². The van der Waals surface area contributed by atoms with Gasteiger partial charge < -0.3 is 25.4 Å². The van der Waals surface area contributed by atoms with Crippen LogP contribution in [0.3, 0.4) is 0 Å². The highest BCUT2D eigenvalue weighted by atomic mass is 35.5. The molecule has 2 aliphatic rings. The van der Waals surface area contributed by atoms with E-state index in [0.717, 1.165) is 46.7 Å². The third-order valence-corrected chi connectivity index (χ3v) is 9.94. The highest BCUT2D eigenvalue weighted by Crippen LogP contribution is 2.34. The van der Waals surface area contributed by atoms with E-state index in [0.29, 0.717) is 58.1 Å². The second-order valence-corrected chi connectivity index (χ2v) is 15.9. The van der Waals surface area contributed by atoms with Gasteiger partial charge in [0, 0.05) is 72.2 Å². The van der Waals surface area contributed by atoms with Crippen molar-refractivity contribution in [2.45, 2.75) is 66.0 Å². The summed E-state index contributed by atoms with van der Waals surface area (Å²) in [5.41, 5.74) is 12.9. The topological polar surface area (TPSA) is 166 Å². The van der Waals surface area contributed by atoms with Gasteiger partial charge in [0.25, 0.3) is 0 Å². The quantitative estimate of drug-likeness (QED) is 0.141. The van der Waals surface area contributed by atoms with Crippen molar-refractivity contribution in [3.8, 4) is 44.8 Å². The SMILES string of the molecule is C[C@@H]1CNC[C@H](C)O1.Cc1cc(-c2cnc(N)nc2-c2ccc(F)cc2)cc(Cl)n1.Cc1cc(-c2cnc(NC(=O)N3C[C@@H](C)O[C@@H](C)C3)nc2-c2ccc(F)cc2)cc(Cl)n1. The maximum absolute atomic E-state index is 13.5. The molecule has 0 aliphatic carbocycles. The third-order valence-electron chi connectivity index (χ3n) is 9.55. The predicted molar refractivity (Wildman–Crippen MR) is 239 cm³/mol. The van der Waals surface area contributed by atoms with Crippen LogP contribution in [0.5, 0.6) is 0 Å². The summed E-state index contributed by atoms with van der Waals surface area (Å²) < 4.78 is 37.8. The number of hydrogen-bond acceptors (Lipinski definition) is 11. The van der Waals surface area contributed by atoms with Crippen LogP contribution in [-0.4, -0.2) is 91.4 Å². The maximum Gasteiger partial charge on any atom is 0.324 e. The number of benzene rings is 2. The van der Waals surface area contributed by atoms with Crippen LogP contribution < -0.4 is 16.4 Å². The van der Waals surface area contributed by atoms with E-state index in [2.05, 4.69) is 54.4 Å². The van der Waals surface area contributed by atoms with Crippen molar-refractivity contribution in [1.29, 1.82) is 0 Å². The molecule has 0 unspecified atom stereocenters. The Kier molecular flexibility index (Phi) is 15.4. The molecule has 324 valence electrons. The number of nitrogens with one attached hydrogen (secondary N) is 2. The monoisotopic (exact) mass is 884 g/mol. The number of carbonyl (C=O) groups is 1. The van der Waals surface area contributed by atoms with Gasteiger partial charge in [-0.05, 0) is 125 Å². The first kappa shape index (κ1) is 45.8. The Morgan fingerprint density at radius 1 is 0.677 bits per heavy atom. The van der Waals surface area contributed by atoms with Gasteiger partial charge in [0.2, 0.25) is 11.9 Å². The number of aryl methyl sites for hydroxylation is 2. The molecule has 8 rings (SSSR count). The standard InChI is InChI=1S/C23H23ClFN5O2.C16H12ClFN4.C6H13NO/c1-13-8-17(9-20(24)27-13)19-10-26-22(28-21(19)16-4-6-18(25)7-5-16)29-23(31)30-11-14(2)32-15(3)12-30;1-9-6-11(7-14(17)21-9)13-8-20-16(19)22-15(13)10-2-4-12(18)5-3-10;1-5-3-7-4-6(2)8-5/h4-10,14-15H,11-12H2,1-3H3,(H,26,28,29,31);2-8H,1H3,(H2,19,20,22);5-7H,3-4H2,1-2H3/t14-,15+;;5-,6+. The van der Waals surface area contributed by atoms with Gasteiger partial charge in [-0.15, -0.1) is 0 Å². The second-order valence-electron chi connectivity index (χ2n) is 15.1. The normalized spacial score (nSPS) is 18.5. The summed E-state index contributed by atoms with van der Waals surface area (Å²) in [6.45, 7) is 14.7. The zero-order chi connectivity index (χ0) is 44.5. The highest BCUT2D eigenvalue weighted by Gasteiger charge is 2.27. The molecule has 0 saturated carbocycles. The van der Waals surface area contributed by atoms with Gasteiger partial charge in [0.1, 0.15) is 21.9 Å². The van der Waals surface area contributed by atoms with Crippen LogP contribution in [-0.2, 0) is 9.47 Å². The third kappa shape index (κ3) is 12.7. The van der Waals surface area contributed by atoms with Gasteiger partial charge in [-0.2, -0.15) is 0 Å². The number of halogens is 4. The van der Waals surface area contributed by atoms with Crippen LogP contribution in [0.2, 0.25) is 10.3 Å². The number of nitrogens with zero attached hydrogens (tertiary/aromatic N) is 7. The number of carbonyl (C=O) groups excluding carboxylic acids is 1. The number of morpholine rings is 2. The second kappa shape index (κ2) is 20.9. The van der Waals surface area contributed by atoms with Crippen LogP contribution in [0.25, 0.3) is 44.8 Å². The molecule has 17 heteroatoms. The van der Waals surface area contributed by atoms with E-state index in [9.17, 15) is 13.6 Å². The smallest absolute Gasteiger partial charge is 0.324 e. The fraction of sp³-hybridized carbons (Fsp3) is 0.311. The Morgan fingerprint density at radius 2 is 1.13 bits per heavy atom. The minimum absolute atomic E-state index is 0.0535. The number of rotatable bonds is 5. The molecule has 2 amide bonds. The molecule has 13 nitrogen and oxygen atoms in total. The fourth-order valence-electron chi connectivity index (χ4n) is 6.98. The molecule has 2 aliphatic heterocycles. The number of pyridine rings is 2. The molecule has 0 spiro atoms. The highest BCUT2D eigenvalue weighted by molar-refractivity contribution is 6.30. The molecule has 6 aromatic rings. The number of ether oxygens (including phenoxy) is 2. The zero-order valence-electron chi connectivity index (χ0n) is 35.2. The zero-order valence-corrected chi connectivity index (χ0v) is 36.7. The van der Waals surface area contributed by atoms with E-state index in [-0.39, 0.29) is 41.8 Å². The largest absolute Gasteiger partial charge is 0.373 e. The molecule has 2 fully saturated rings. The Bertz CT molecular complexity index is 2430. The van der Waals surface area contributed by atoms with Crippen LogP contribution in [0.1, 0.15) is 39.1 Å². The first-order chi connectivity index (χ1) is 29.6. The number of anilines is 2. The molecule has 4 aromatic heterocycles. The summed E-state index contributed by atoms with van der Waals surface area (Å²) in [7, 11) is 0. The number of aromatic nitrogens is 6. The lowest BCUT2D eigenvalue weighted by Crippen LogP contribution is -2.49. The number of hydrogen-bond donors (Lipinski definition) is 3. The summed E-state index contributed by atoms with van der Waals surface area (Å²) in [5.74, 6) is -0.354. The lowest BCUT2D eigenvalue weighted by molar-refractivity contribution is -0.0530. The van der Waals surface area contributed by atoms with Crippen molar-refractivity contribution < 1.29 is 23.0 Å². The molecule has 0 radical (unpaired) electrons. The van der Waals surface area contributed by atoms with E-state index in [1.54, 1.807) is 53.7 Å². The maximum atomic E-state index is 13.5. The van der Waals surface area contributed by atoms with E-state index in [1.807, 2.05) is 39.8 Å². The summed E-state index contributed by atoms with van der Waals surface area (Å²) >= 11 is 12.2. The van der Waals surface area contributed by atoms with Crippen LogP contribution in [0.4, 0.5) is 25.5 Å². The van der Waals surface area contributed by atoms with E-state index in [1.165, 1.54) is 24.3 Å². The Morgan fingerprint density at radius 3 is 1.58 bits per heavy atom. The summed E-state index contributed by atoms with van der Waals surface area (Å²) in [6, 6.07) is 18.9. The van der Waals surface area contributed by atoms with Crippen molar-refractivity contribution in [2.75, 3.05) is 37.2 Å². The van der Waals surface area contributed by atoms with Gasteiger partial charge in [-0.3, -0.25) is 5.32 Å². The lowest BCUT2D eigenvalue weighted by atomic mass is 10.0. The molecule has 2 saturated heterocycles. The Labute approximate surface area is 369 Å². The van der Waals surface area contributed by atoms with Crippen LogP contribution in [0, 0.1) is 25.5 Å². The number of nitrogens with two attached hydrogens (primary N) is 1. The fourth-order valence-corrected chi connectivity index (χ4v) is 7.49. The summed E-state index contributed by atoms with van der Waals surface area (Å²) in [4.78, 5) is 40.1. The number of urea groups is 1. The molecule has 0 bridgehead atoms. The van der Waals surface area contributed by atoms with Crippen molar-refractivity contribution in [1.82, 2.24) is 40.1 Å². The molecule has 2 aromatic carbocycles. The molecule has 62 heavy (non-hydrogen) atoms. The summed E-state index contributed by atoms with van der Waals surface area (Å²) in [5, 5.41) is 6.76. The number of amides is 2. The minimum atomic E-state index is -0.351. The first-order valence-electron chi connectivity index (χ1n) is 20.0. The number of nitrogen functional groups attached to an aromatic ring is 1. The molecule has 6 heterocycles. The van der Waals surface area contributed by atoms with Gasteiger partial charge in [-0.1, -0.05) is 23.2 Å². The average molecular weight is 886 g/mol. The molecular formula is C45H48Cl2F2N10O3. The molecule has 4 N–H and O–H groups in total. The van der Waals surface area contributed by atoms with Crippen molar-refractivity contribution in [2.24, 2.45) is 0 Å². The van der Waals surface area contributed by atoms with E-state index in [4.69, 9.17) is 38.4 Å². The Balaban J connectivity index is 0.000000183. The van der Waals surface area contributed by atoms with Gasteiger partial charge >= 0.3 is 6.03 Å². The van der Waals surface area contributed by atoms with Crippen molar-refractivity contribution in [3.63, 3.8) is 0 Å². The lowest BCUT2D eigenvalue weighted by Gasteiger charge is -2.35. The average Bonchev–Trinajstić information content (AvgIpc) is 3.21. The first-order valence-corrected chi connectivity index (χ1v) is 20.7. The van der Waals surface area contributed by atoms with Crippen LogP contribution in [0.15, 0.2) is 85.2 Å². The van der Waals surface area contributed by atoms with Crippen molar-refractivity contribution in [3.05, 3.63) is 119 Å². The van der Waals surface area contributed by atoms with Gasteiger partial charge in [0.05, 0.1) is 35.8 Å². The van der Waals surface area contributed by atoms with Gasteiger partial charge in [0.15, 0.2) is 0 Å². The van der Waals surface area contributed by atoms with Crippen LogP contribution >= 0.6 is 23.2 Å². The minimum Gasteiger partial charge on any atom is -0.373 e. The van der Waals surface area contributed by atoms with E-state index >= 15 is 0 Å². The van der Waals surface area contributed by atoms with Gasteiger partial charge in [-0.25, -0.2) is 43.5 Å². The molecule has 4 atom stereocenters. The van der Waals surface area contributed by atoms with Crippen molar-refractivity contribution >= 4 is 41.1 Å². The summed E-state index contributed by atoms with van der Waals surface area (Å²) in [6.07, 6.45) is 3.95. The predicted octanol–water partition coefficient (Wildman–Crippen LogP) is 9.22.